The van der Waals surface area contributed by atoms with Crippen LogP contribution in [0.15, 0.2) is 24.5 Å². The second-order valence-electron chi connectivity index (χ2n) is 2.06. The first-order chi connectivity index (χ1) is 7.31. The summed E-state index contributed by atoms with van der Waals surface area (Å²) in [5, 5.41) is 0. The zero-order valence-corrected chi connectivity index (χ0v) is 12.5. The predicted molar refractivity (Wildman–Crippen MR) is 75.4 cm³/mol. The number of aromatic nitrogens is 1. The summed E-state index contributed by atoms with van der Waals surface area (Å²) < 4.78 is 2.00. The third-order valence-corrected chi connectivity index (χ3v) is 0.754. The molecule has 1 aromatic rings. The molecule has 0 bridgehead atoms. The highest BCUT2D eigenvalue weighted by molar-refractivity contribution is 4.88. The summed E-state index contributed by atoms with van der Waals surface area (Å²) >= 11 is 0. The van der Waals surface area contributed by atoms with E-state index in [4.69, 9.17) is 0 Å². The number of hydrogen-bond acceptors (Lipinski definition) is 0. The second-order valence-corrected chi connectivity index (χ2v) is 2.06. The van der Waals surface area contributed by atoms with E-state index in [-0.39, 0.29) is 0 Å². The molecule has 0 saturated heterocycles. The first-order valence-electron chi connectivity index (χ1n) is 6.38. The molecule has 94 valence electrons. The van der Waals surface area contributed by atoms with Gasteiger partial charge in [-0.15, -0.1) is 0 Å². The fourth-order valence-corrected chi connectivity index (χ4v) is 0.421. The maximum absolute atomic E-state index is 2.12. The first-order valence-corrected chi connectivity index (χ1v) is 6.38. The predicted octanol–water partition coefficient (Wildman–Crippen LogP) is 5.52. The van der Waals surface area contributed by atoms with Gasteiger partial charge in [-0.3, -0.25) is 0 Å². The van der Waals surface area contributed by atoms with Crippen molar-refractivity contribution in [3.8, 4) is 0 Å². The Morgan fingerprint density at radius 1 is 0.733 bits per heavy atom. The molecule has 0 atom stereocenters. The minimum Gasteiger partial charge on any atom is -0.357 e. The molecular formula is C14H33N. The van der Waals surface area contributed by atoms with Gasteiger partial charge in [-0.1, -0.05) is 61.8 Å². The smallest absolute Gasteiger partial charge is 0.0106 e. The van der Waals surface area contributed by atoms with Gasteiger partial charge in [0, 0.05) is 19.4 Å². The van der Waals surface area contributed by atoms with Gasteiger partial charge < -0.3 is 4.57 Å². The molecule has 1 heteroatoms. The topological polar surface area (TPSA) is 4.93 Å². The van der Waals surface area contributed by atoms with Crippen LogP contribution in [0.4, 0.5) is 0 Å². The lowest BCUT2D eigenvalue weighted by molar-refractivity contribution is 0.928. The van der Waals surface area contributed by atoms with E-state index in [1.807, 2.05) is 77.7 Å². The van der Waals surface area contributed by atoms with Gasteiger partial charge in [0.2, 0.25) is 0 Å². The van der Waals surface area contributed by atoms with Crippen LogP contribution < -0.4 is 0 Å². The van der Waals surface area contributed by atoms with Crippen LogP contribution in [0.25, 0.3) is 0 Å². The monoisotopic (exact) mass is 215 g/mol. The summed E-state index contributed by atoms with van der Waals surface area (Å²) in [5.74, 6) is 0. The van der Waals surface area contributed by atoms with Crippen molar-refractivity contribution >= 4 is 0 Å². The summed E-state index contributed by atoms with van der Waals surface area (Å²) in [7, 11) is 2.00. The van der Waals surface area contributed by atoms with Gasteiger partial charge in [0.15, 0.2) is 0 Å². The van der Waals surface area contributed by atoms with Crippen molar-refractivity contribution in [3.63, 3.8) is 0 Å². The Morgan fingerprint density at radius 2 is 0.933 bits per heavy atom. The fraction of sp³-hybridized carbons (Fsp3) is 0.714. The van der Waals surface area contributed by atoms with Crippen LogP contribution in [-0.2, 0) is 7.05 Å². The summed E-state index contributed by atoms with van der Waals surface area (Å²) in [6.07, 6.45) is 5.25. The van der Waals surface area contributed by atoms with Gasteiger partial charge in [-0.25, -0.2) is 0 Å². The molecule has 0 radical (unpaired) electrons. The molecule has 1 aromatic heterocycles. The SMILES string of the molecule is CC.CC.CC.CCC.Cn1cccc1. The second kappa shape index (κ2) is 37.8. The van der Waals surface area contributed by atoms with Crippen molar-refractivity contribution in [2.45, 2.75) is 61.8 Å². The van der Waals surface area contributed by atoms with E-state index < -0.39 is 0 Å². The quantitative estimate of drug-likeness (QED) is 0.537. The Labute approximate surface area is 98.5 Å². The average molecular weight is 215 g/mol. The lowest BCUT2D eigenvalue weighted by Crippen LogP contribution is -1.75. The first kappa shape index (κ1) is 23.8. The van der Waals surface area contributed by atoms with Crippen molar-refractivity contribution in [3.05, 3.63) is 24.5 Å². The zero-order valence-electron chi connectivity index (χ0n) is 12.5. The summed E-state index contributed by atoms with van der Waals surface area (Å²) in [5.41, 5.74) is 0. The number of rotatable bonds is 0. The van der Waals surface area contributed by atoms with E-state index in [9.17, 15) is 0 Å². The molecule has 0 amide bonds. The van der Waals surface area contributed by atoms with Gasteiger partial charge in [-0.05, 0) is 12.1 Å². The van der Waals surface area contributed by atoms with Crippen molar-refractivity contribution < 1.29 is 0 Å². The van der Waals surface area contributed by atoms with Crippen LogP contribution in [0.2, 0.25) is 0 Å². The molecule has 0 saturated carbocycles. The van der Waals surface area contributed by atoms with Crippen LogP contribution in [0, 0.1) is 0 Å². The highest BCUT2D eigenvalue weighted by Gasteiger charge is 1.68. The van der Waals surface area contributed by atoms with Crippen LogP contribution in [0.5, 0.6) is 0 Å². The molecule has 0 aliphatic heterocycles. The lowest BCUT2D eigenvalue weighted by atomic mass is 10.6. The molecular weight excluding hydrogens is 182 g/mol. The maximum atomic E-state index is 2.12. The molecule has 0 aliphatic carbocycles. The van der Waals surface area contributed by atoms with Gasteiger partial charge in [0.1, 0.15) is 0 Å². The van der Waals surface area contributed by atoms with Gasteiger partial charge in [-0.2, -0.15) is 0 Å². The Balaban J connectivity index is -0.0000000585. The van der Waals surface area contributed by atoms with Gasteiger partial charge in [0.25, 0.3) is 0 Å². The van der Waals surface area contributed by atoms with Crippen molar-refractivity contribution in [1.82, 2.24) is 4.57 Å². The number of hydrogen-bond donors (Lipinski definition) is 0. The Kier molecular flexibility index (Phi) is 60.0. The normalized spacial score (nSPS) is 5.93. The standard InChI is InChI=1S/C5H7N.C3H8.3C2H6/c1-6-4-2-3-5-6;1-3-2;3*1-2/h2-5H,1H3;3H2,1-2H3;3*1-2H3. The van der Waals surface area contributed by atoms with E-state index in [1.54, 1.807) is 0 Å². The summed E-state index contributed by atoms with van der Waals surface area (Å²) in [4.78, 5) is 0. The van der Waals surface area contributed by atoms with E-state index in [2.05, 4.69) is 13.8 Å². The number of nitrogens with zero attached hydrogens (tertiary/aromatic N) is 1. The van der Waals surface area contributed by atoms with Gasteiger partial charge >= 0.3 is 0 Å². The highest BCUT2D eigenvalue weighted by Crippen LogP contribution is 1.80. The van der Waals surface area contributed by atoms with E-state index in [1.165, 1.54) is 6.42 Å². The van der Waals surface area contributed by atoms with Crippen LogP contribution in [-0.4, -0.2) is 4.57 Å². The molecule has 1 rings (SSSR count). The van der Waals surface area contributed by atoms with Crippen molar-refractivity contribution in [2.24, 2.45) is 7.05 Å². The summed E-state index contributed by atoms with van der Waals surface area (Å²) in [6.45, 7) is 16.2. The molecule has 0 aromatic carbocycles. The van der Waals surface area contributed by atoms with E-state index in [0.717, 1.165) is 0 Å². The molecule has 0 fully saturated rings. The summed E-state index contributed by atoms with van der Waals surface area (Å²) in [6, 6.07) is 4.00. The molecule has 0 spiro atoms. The van der Waals surface area contributed by atoms with Gasteiger partial charge in [0.05, 0.1) is 0 Å². The lowest BCUT2D eigenvalue weighted by Gasteiger charge is -1.79. The molecule has 15 heavy (non-hydrogen) atoms. The zero-order chi connectivity index (χ0) is 13.1. The minimum atomic E-state index is 1.25. The van der Waals surface area contributed by atoms with Crippen molar-refractivity contribution in [2.75, 3.05) is 0 Å². The molecule has 0 unspecified atom stereocenters. The highest BCUT2D eigenvalue weighted by atomic mass is 14.9. The fourth-order valence-electron chi connectivity index (χ4n) is 0.421. The third kappa shape index (κ3) is 42.8. The maximum Gasteiger partial charge on any atom is 0.0106 e. The Hall–Kier alpha value is -0.720. The van der Waals surface area contributed by atoms with Crippen LogP contribution in [0.3, 0.4) is 0 Å². The molecule has 1 heterocycles. The van der Waals surface area contributed by atoms with E-state index in [0.29, 0.717) is 0 Å². The van der Waals surface area contributed by atoms with Crippen LogP contribution in [0.1, 0.15) is 61.8 Å². The van der Waals surface area contributed by atoms with Crippen molar-refractivity contribution in [1.29, 1.82) is 0 Å². The third-order valence-electron chi connectivity index (χ3n) is 0.754. The Bertz CT molecular complexity index is 120. The molecule has 1 nitrogen and oxygen atoms in total. The Morgan fingerprint density at radius 3 is 1.00 bits per heavy atom. The minimum absolute atomic E-state index is 1.25. The average Bonchev–Trinajstić information content (AvgIpc) is 2.79. The molecule has 0 aliphatic rings. The van der Waals surface area contributed by atoms with Crippen LogP contribution >= 0.6 is 0 Å². The molecule has 0 N–H and O–H groups in total. The largest absolute Gasteiger partial charge is 0.357 e. The number of aryl methyl sites for hydroxylation is 1. The van der Waals surface area contributed by atoms with E-state index >= 15 is 0 Å².